The second kappa shape index (κ2) is 15.2. The fraction of sp³-hybridized carbons (Fsp3) is 0.286. The fourth-order valence-corrected chi connectivity index (χ4v) is 38.6. The van der Waals surface area contributed by atoms with Crippen molar-refractivity contribution in [1.29, 1.82) is 0 Å². The average Bonchev–Trinajstić information content (AvgIpc) is 3.71. The van der Waals surface area contributed by atoms with Gasteiger partial charge in [-0.15, -0.1) is 0 Å². The molecule has 0 saturated heterocycles. The summed E-state index contributed by atoms with van der Waals surface area (Å²) >= 11 is -5.98. The van der Waals surface area contributed by atoms with Crippen LogP contribution in [0.5, 0.6) is 0 Å². The number of aryl methyl sites for hydroxylation is 2. The third-order valence-electron chi connectivity index (χ3n) is 10.9. The van der Waals surface area contributed by atoms with Gasteiger partial charge in [0.05, 0.1) is 0 Å². The number of benzene rings is 4. The fourth-order valence-electron chi connectivity index (χ4n) is 8.90. The normalized spacial score (nSPS) is 17.1. The first kappa shape index (κ1) is 36.6. The van der Waals surface area contributed by atoms with E-state index in [0.29, 0.717) is 12.8 Å². The first-order valence-electron chi connectivity index (χ1n) is 18.1. The molecule has 50 heavy (non-hydrogen) atoms. The number of nitrogens with one attached hydrogen (secondary N) is 2. The summed E-state index contributed by atoms with van der Waals surface area (Å²) in [5.74, 6) is 0. The molecule has 0 saturated carbocycles. The van der Waals surface area contributed by atoms with Gasteiger partial charge in [-0.3, -0.25) is 0 Å². The molecule has 2 atom stereocenters. The van der Waals surface area contributed by atoms with Crippen molar-refractivity contribution < 1.29 is 25.5 Å². The van der Waals surface area contributed by atoms with E-state index in [1.54, 1.807) is 0 Å². The quantitative estimate of drug-likeness (QED) is 0.0924. The third-order valence-corrected chi connectivity index (χ3v) is 39.6. The van der Waals surface area contributed by atoms with Crippen molar-refractivity contribution in [2.24, 2.45) is 0 Å². The van der Waals surface area contributed by atoms with Crippen LogP contribution in [0.2, 0.25) is 0 Å². The molecule has 0 spiro atoms. The molecule has 2 N–H and O–H groups in total. The van der Waals surface area contributed by atoms with Crippen molar-refractivity contribution in [3.63, 3.8) is 0 Å². The Balaban J connectivity index is 1.67. The number of halogens is 2. The zero-order valence-electron chi connectivity index (χ0n) is 29.4. The molecule has 0 bridgehead atoms. The van der Waals surface area contributed by atoms with Gasteiger partial charge in [0.2, 0.25) is 0 Å². The second-order valence-electron chi connectivity index (χ2n) is 13.7. The molecule has 2 unspecified atom stereocenters. The van der Waals surface area contributed by atoms with Crippen LogP contribution in [0.25, 0.3) is 34.4 Å². The Morgan fingerprint density at radius 1 is 0.600 bits per heavy atom. The minimum atomic E-state index is -5.98. The van der Waals surface area contributed by atoms with Crippen LogP contribution in [-0.2, 0) is 38.3 Å². The molecule has 257 valence electrons. The van der Waals surface area contributed by atoms with E-state index in [2.05, 4.69) is 135 Å². The van der Waals surface area contributed by atoms with Crippen LogP contribution in [0.15, 0.2) is 96.1 Å². The number of fused-ring (bicyclic) bond motifs is 2. The van der Waals surface area contributed by atoms with Crippen LogP contribution in [0.4, 0.5) is 0 Å². The Morgan fingerprint density at radius 3 is 1.38 bits per heavy atom. The van der Waals surface area contributed by atoms with Gasteiger partial charge >= 0.3 is 308 Å². The number of hydrogen-bond acceptors (Lipinski definition) is 2. The summed E-state index contributed by atoms with van der Waals surface area (Å²) < 4.78 is -1.63. The zero-order chi connectivity index (χ0) is 35.5. The molecule has 0 aliphatic heterocycles. The molecule has 2 aliphatic carbocycles. The maximum atomic E-state index is 12.5. The molecule has 0 aromatic heterocycles. The monoisotopic (exact) mass is 871 g/mol. The Morgan fingerprint density at radius 2 is 1.00 bits per heavy atom. The van der Waals surface area contributed by atoms with E-state index in [4.69, 9.17) is 17.2 Å². The average molecular weight is 871 g/mol. The van der Waals surface area contributed by atoms with E-state index in [9.17, 15) is 9.59 Å². The summed E-state index contributed by atoms with van der Waals surface area (Å²) in [6, 6.07) is 30.1. The first-order chi connectivity index (χ1) is 24.3. The van der Waals surface area contributed by atoms with E-state index in [-0.39, 0.29) is 7.35 Å². The van der Waals surface area contributed by atoms with E-state index < -0.39 is 20.5 Å². The molecule has 4 aromatic rings. The van der Waals surface area contributed by atoms with Gasteiger partial charge in [0.15, 0.2) is 0 Å². The summed E-state index contributed by atoms with van der Waals surface area (Å²) in [6.07, 6.45) is 11.1. The van der Waals surface area contributed by atoms with Gasteiger partial charge in [-0.2, -0.15) is 0 Å². The molecular formula is C42H46BCl2HfN2O2. The van der Waals surface area contributed by atoms with Crippen molar-refractivity contribution in [2.75, 3.05) is 0 Å². The van der Waals surface area contributed by atoms with Gasteiger partial charge in [0, 0.05) is 0 Å². The van der Waals surface area contributed by atoms with Crippen LogP contribution < -0.4 is 10.5 Å². The van der Waals surface area contributed by atoms with E-state index in [1.807, 2.05) is 0 Å². The third kappa shape index (κ3) is 6.09. The van der Waals surface area contributed by atoms with Gasteiger partial charge in [-0.05, 0) is 0 Å². The van der Waals surface area contributed by atoms with Crippen molar-refractivity contribution in [2.45, 2.75) is 73.6 Å². The number of rotatable bonds is 15. The number of allylic oxidation sites excluding steroid dienone is 2. The van der Waals surface area contributed by atoms with Crippen molar-refractivity contribution in [1.82, 2.24) is 10.5 Å². The van der Waals surface area contributed by atoms with E-state index in [0.717, 1.165) is 71.9 Å². The van der Waals surface area contributed by atoms with Gasteiger partial charge in [0.25, 0.3) is 0 Å². The van der Waals surface area contributed by atoms with Crippen molar-refractivity contribution >= 4 is 46.7 Å². The standard InChI is InChI=1S/2C20H21.C2H3BN2O2.2ClH.Hf/c2*1-3-8-15-13-17-10-7-12-19(20(17)14-15)18-11-6-5-9-16(18)4-2;6-1-4-3-5-2-7;;;/h2*5-7,9-14H,3-4,8H2,1-2H3;1-2H,(H-,4,5,6,7);2*1H;/q;;;;;+1/p-1. The van der Waals surface area contributed by atoms with Crippen LogP contribution in [0, 0.1) is 0 Å². The Kier molecular flexibility index (Phi) is 11.1. The summed E-state index contributed by atoms with van der Waals surface area (Å²) in [6.45, 7) is 8.73. The maximum absolute atomic E-state index is 12.5. The van der Waals surface area contributed by atoms with Crippen LogP contribution in [0.1, 0.15) is 94.1 Å². The number of amides is 2. The molecule has 4 nitrogen and oxygen atoms in total. The van der Waals surface area contributed by atoms with Crippen molar-refractivity contribution in [3.8, 4) is 22.3 Å². The van der Waals surface area contributed by atoms with Gasteiger partial charge in [-0.1, -0.05) is 0 Å². The molecule has 2 aliphatic rings. The van der Waals surface area contributed by atoms with Crippen molar-refractivity contribution in [3.05, 3.63) is 129 Å². The summed E-state index contributed by atoms with van der Waals surface area (Å²) in [5, 5.41) is 5.98. The van der Waals surface area contributed by atoms with Gasteiger partial charge in [0.1, 0.15) is 0 Å². The molecule has 0 fully saturated rings. The minimum absolute atomic E-state index is 0.355. The molecule has 0 heterocycles. The SMILES string of the molecule is CCCC1=Cc2c(-c3ccccc3CC)cccc2[CH]1[Hf]([Cl])([Cl])([B](NC=O)NC=O)[CH]1C(CCC)=Cc2c(-c3ccccc3CC)cccc21. The topological polar surface area (TPSA) is 58.2 Å². The van der Waals surface area contributed by atoms with Crippen LogP contribution >= 0.6 is 17.2 Å². The Bertz CT molecular complexity index is 1850. The summed E-state index contributed by atoms with van der Waals surface area (Å²) in [5.41, 5.74) is 14.0. The predicted octanol–water partition coefficient (Wildman–Crippen LogP) is 10.8. The summed E-state index contributed by atoms with van der Waals surface area (Å²) in [4.78, 5) is 24.9. The van der Waals surface area contributed by atoms with Crippen LogP contribution in [0.3, 0.4) is 0 Å². The van der Waals surface area contributed by atoms with Gasteiger partial charge in [-0.25, -0.2) is 0 Å². The molecule has 0 radical (unpaired) electrons. The zero-order valence-corrected chi connectivity index (χ0v) is 34.5. The molecule has 2 amide bonds. The number of carbonyl (C=O) groups is 2. The van der Waals surface area contributed by atoms with E-state index >= 15 is 0 Å². The summed E-state index contributed by atoms with van der Waals surface area (Å²) in [7, 11) is 17.2. The predicted molar refractivity (Wildman–Crippen MR) is 210 cm³/mol. The number of hydrogen-bond donors (Lipinski definition) is 2. The van der Waals surface area contributed by atoms with E-state index in [1.165, 1.54) is 33.4 Å². The Hall–Kier alpha value is -3.18. The number of carbonyl (C=O) groups excluding carboxylic acids is 2. The second-order valence-corrected chi connectivity index (χ2v) is 44.1. The Labute approximate surface area is 305 Å². The molecule has 4 aromatic carbocycles. The molecule has 8 heteroatoms. The molecular weight excluding hydrogens is 825 g/mol. The molecule has 6 rings (SSSR count). The van der Waals surface area contributed by atoms with Crippen LogP contribution in [-0.4, -0.2) is 17.4 Å². The first-order valence-corrected chi connectivity index (χ1v) is 33.2. The van der Waals surface area contributed by atoms with Gasteiger partial charge < -0.3 is 0 Å².